The Kier molecular flexibility index (Phi) is 5.69. The van der Waals surface area contributed by atoms with E-state index in [-0.39, 0.29) is 0 Å². The van der Waals surface area contributed by atoms with Gasteiger partial charge in [0.1, 0.15) is 0 Å². The second kappa shape index (κ2) is 8.36. The summed E-state index contributed by atoms with van der Waals surface area (Å²) in [5.74, 6) is 0. The van der Waals surface area contributed by atoms with Crippen LogP contribution in [0.2, 0.25) is 0 Å². The Bertz CT molecular complexity index is 906. The molecule has 0 bridgehead atoms. The molecule has 0 amide bonds. The van der Waals surface area contributed by atoms with E-state index in [0.717, 1.165) is 6.54 Å². The summed E-state index contributed by atoms with van der Waals surface area (Å²) in [6.07, 6.45) is 11.2. The van der Waals surface area contributed by atoms with Gasteiger partial charge in [0.05, 0.1) is 0 Å². The molecule has 2 heteroatoms. The molecule has 0 saturated heterocycles. The van der Waals surface area contributed by atoms with Crippen molar-refractivity contribution >= 4 is 3.90 Å². The quantitative estimate of drug-likeness (QED) is 0.460. The van der Waals surface area contributed by atoms with Crippen molar-refractivity contribution in [3.8, 4) is 0 Å². The third kappa shape index (κ3) is 3.58. The summed E-state index contributed by atoms with van der Waals surface area (Å²) in [5, 5.41) is 0. The average Bonchev–Trinajstić information content (AvgIpc) is 3.22. The van der Waals surface area contributed by atoms with E-state index in [4.69, 9.17) is 0 Å². The molecular formula is C25H24NW. The van der Waals surface area contributed by atoms with Crippen LogP contribution in [-0.2, 0) is 19.4 Å². The van der Waals surface area contributed by atoms with E-state index < -0.39 is 0 Å². The normalized spacial score (nSPS) is 18.5. The number of nitrogens with zero attached hydrogens (tertiary/aromatic N) is 1. The van der Waals surface area contributed by atoms with Gasteiger partial charge in [0.15, 0.2) is 0 Å². The van der Waals surface area contributed by atoms with E-state index in [9.17, 15) is 0 Å². The minimum absolute atomic E-state index is 0.357. The Balaban J connectivity index is 1.82. The zero-order valence-electron chi connectivity index (χ0n) is 15.6. The first-order chi connectivity index (χ1) is 13.3. The Morgan fingerprint density at radius 3 is 2.33 bits per heavy atom. The molecule has 0 saturated carbocycles. The fourth-order valence-electron chi connectivity index (χ4n) is 3.88. The maximum atomic E-state index is 2.62. The van der Waals surface area contributed by atoms with Crippen molar-refractivity contribution in [3.63, 3.8) is 0 Å². The summed E-state index contributed by atoms with van der Waals surface area (Å²) in [6.45, 7) is 3.38. The summed E-state index contributed by atoms with van der Waals surface area (Å²) in [5.41, 5.74) is 7.03. The molecule has 0 spiro atoms. The molecule has 0 fully saturated rings. The van der Waals surface area contributed by atoms with Gasteiger partial charge in [-0.15, -0.1) is 0 Å². The van der Waals surface area contributed by atoms with Crippen LogP contribution in [0.5, 0.6) is 0 Å². The molecule has 0 aromatic heterocycles. The molecule has 1 atom stereocenters. The number of unbranched alkanes of at least 4 members (excludes halogenated alkanes) is 1. The fraction of sp³-hybridized carbons (Fsp3) is 0.200. The topological polar surface area (TPSA) is 3.24 Å². The van der Waals surface area contributed by atoms with Gasteiger partial charge in [0.25, 0.3) is 0 Å². The number of benzene rings is 2. The van der Waals surface area contributed by atoms with E-state index in [0.29, 0.717) is 6.04 Å². The summed E-state index contributed by atoms with van der Waals surface area (Å²) < 4.78 is 1.47. The van der Waals surface area contributed by atoms with Crippen LogP contribution in [0.25, 0.3) is 0 Å². The average molecular weight is 522 g/mol. The zero-order chi connectivity index (χ0) is 18.6. The van der Waals surface area contributed by atoms with Gasteiger partial charge in [0.2, 0.25) is 0 Å². The van der Waals surface area contributed by atoms with Gasteiger partial charge in [-0.1, -0.05) is 0 Å². The second-order valence-electron chi connectivity index (χ2n) is 6.99. The van der Waals surface area contributed by atoms with Gasteiger partial charge in [-0.05, 0) is 0 Å². The first-order valence-electron chi connectivity index (χ1n) is 9.69. The predicted octanol–water partition coefficient (Wildman–Crippen LogP) is 5.57. The van der Waals surface area contributed by atoms with Crippen LogP contribution in [0.1, 0.15) is 36.9 Å². The van der Waals surface area contributed by atoms with Gasteiger partial charge < -0.3 is 0 Å². The predicted molar refractivity (Wildman–Crippen MR) is 110 cm³/mol. The van der Waals surface area contributed by atoms with Crippen molar-refractivity contribution in [2.24, 2.45) is 0 Å². The molecule has 135 valence electrons. The molecule has 4 rings (SSSR count). The molecule has 2 aromatic rings. The third-order valence-corrected chi connectivity index (χ3v) is 6.85. The van der Waals surface area contributed by atoms with Crippen molar-refractivity contribution in [1.82, 2.24) is 4.90 Å². The number of hydrogen-bond acceptors (Lipinski definition) is 1. The van der Waals surface area contributed by atoms with Crippen LogP contribution in [0.3, 0.4) is 0 Å². The third-order valence-electron chi connectivity index (χ3n) is 5.21. The monoisotopic (exact) mass is 522 g/mol. The van der Waals surface area contributed by atoms with Gasteiger partial charge in [0, 0.05) is 0 Å². The van der Waals surface area contributed by atoms with Crippen molar-refractivity contribution in [3.05, 3.63) is 113 Å². The summed E-state index contributed by atoms with van der Waals surface area (Å²) in [6, 6.07) is 22.2. The van der Waals surface area contributed by atoms with Crippen molar-refractivity contribution < 1.29 is 19.4 Å². The van der Waals surface area contributed by atoms with E-state index in [1.165, 1.54) is 64.1 Å². The van der Waals surface area contributed by atoms with E-state index in [1.54, 1.807) is 0 Å². The number of allylic oxidation sites excluding steroid dienone is 3. The Labute approximate surface area is 173 Å². The maximum absolute atomic E-state index is 2.62. The van der Waals surface area contributed by atoms with Crippen LogP contribution >= 0.6 is 0 Å². The molecular weight excluding hydrogens is 498 g/mol. The number of rotatable bonds is 7. The van der Waals surface area contributed by atoms with Gasteiger partial charge in [-0.2, -0.15) is 0 Å². The van der Waals surface area contributed by atoms with Crippen LogP contribution in [0, 0.1) is 6.42 Å². The van der Waals surface area contributed by atoms with Crippen LogP contribution in [-0.4, -0.2) is 15.3 Å². The Morgan fingerprint density at radius 2 is 1.70 bits per heavy atom. The fourth-order valence-corrected chi connectivity index (χ4v) is 5.12. The van der Waals surface area contributed by atoms with Crippen molar-refractivity contribution in [1.29, 1.82) is 0 Å². The van der Waals surface area contributed by atoms with Crippen LogP contribution < -0.4 is 0 Å². The summed E-state index contributed by atoms with van der Waals surface area (Å²) >= 11 is 1.53. The SMILES string of the molecule is CCCCN1C(C2=C[CH]C=C2)=C([C](=[W])c2ccccc2)C1c1ccccc1. The second-order valence-corrected chi connectivity index (χ2v) is 8.46. The molecule has 27 heavy (non-hydrogen) atoms. The summed E-state index contributed by atoms with van der Waals surface area (Å²) in [4.78, 5) is 2.62. The van der Waals surface area contributed by atoms with Crippen molar-refractivity contribution in [2.45, 2.75) is 25.8 Å². The Hall–Kier alpha value is -1.98. The molecule has 1 radical (unpaired) electrons. The van der Waals surface area contributed by atoms with Crippen LogP contribution in [0.15, 0.2) is 95.7 Å². The van der Waals surface area contributed by atoms with E-state index >= 15 is 0 Å². The molecule has 1 aliphatic heterocycles. The zero-order valence-corrected chi connectivity index (χ0v) is 18.6. The molecule has 0 N–H and O–H groups in total. The molecule has 1 aliphatic carbocycles. The molecule has 2 aromatic carbocycles. The van der Waals surface area contributed by atoms with E-state index in [2.05, 4.69) is 97.1 Å². The molecule has 2 aliphatic rings. The summed E-state index contributed by atoms with van der Waals surface area (Å²) in [7, 11) is 0. The van der Waals surface area contributed by atoms with Gasteiger partial charge in [-0.3, -0.25) is 0 Å². The van der Waals surface area contributed by atoms with E-state index in [1.807, 2.05) is 0 Å². The van der Waals surface area contributed by atoms with Gasteiger partial charge in [-0.25, -0.2) is 0 Å². The minimum atomic E-state index is 0.357. The Morgan fingerprint density at radius 1 is 1.00 bits per heavy atom. The van der Waals surface area contributed by atoms with Gasteiger partial charge >= 0.3 is 174 Å². The molecule has 1 heterocycles. The van der Waals surface area contributed by atoms with Crippen molar-refractivity contribution in [2.75, 3.05) is 6.54 Å². The standard InChI is InChI=1S/C25H24N.W/c1-2-3-18-26-24(21-14-8-5-9-15-21)23(19-20-12-6-4-7-13-20)25(26)22-16-10-11-17-22;/h4-17,24H,2-3,18H2,1H3;. The molecule has 1 nitrogen and oxygen atoms in total. The first kappa shape index (κ1) is 18.4. The van der Waals surface area contributed by atoms with Crippen LogP contribution in [0.4, 0.5) is 0 Å². The molecule has 1 unspecified atom stereocenters. The first-order valence-corrected chi connectivity index (χ1v) is 11.2. The number of hydrogen-bond donors (Lipinski definition) is 0.